The predicted molar refractivity (Wildman–Crippen MR) is 105 cm³/mol. The first-order valence-electron chi connectivity index (χ1n) is 8.03. The summed E-state index contributed by atoms with van der Waals surface area (Å²) >= 11 is 5.82. The Balaban J connectivity index is 1.65. The van der Waals surface area contributed by atoms with E-state index < -0.39 is 0 Å². The molecule has 0 saturated heterocycles. The average Bonchev–Trinajstić information content (AvgIpc) is 2.64. The van der Waals surface area contributed by atoms with E-state index >= 15 is 0 Å². The number of nitrogens with zero attached hydrogens (tertiary/aromatic N) is 2. The van der Waals surface area contributed by atoms with Gasteiger partial charge in [-0.25, -0.2) is 9.97 Å². The summed E-state index contributed by atoms with van der Waals surface area (Å²) in [6, 6.07) is 13.9. The van der Waals surface area contributed by atoms with Crippen LogP contribution in [-0.4, -0.2) is 21.8 Å². The van der Waals surface area contributed by atoms with Gasteiger partial charge in [-0.3, -0.25) is 9.59 Å². The molecule has 3 N–H and O–H groups in total. The van der Waals surface area contributed by atoms with Crippen LogP contribution in [0.5, 0.6) is 0 Å². The average molecular weight is 382 g/mol. The Hall–Kier alpha value is -3.45. The number of rotatable bonds is 5. The van der Waals surface area contributed by atoms with Crippen LogP contribution in [0.25, 0.3) is 0 Å². The molecule has 136 valence electrons. The van der Waals surface area contributed by atoms with Crippen LogP contribution in [0, 0.1) is 0 Å². The summed E-state index contributed by atoms with van der Waals surface area (Å²) in [4.78, 5) is 31.7. The fourth-order valence-electron chi connectivity index (χ4n) is 2.25. The second-order valence-electron chi connectivity index (χ2n) is 5.64. The largest absolute Gasteiger partial charge is 0.326 e. The molecule has 2 aromatic carbocycles. The first kappa shape index (κ1) is 18.3. The van der Waals surface area contributed by atoms with Gasteiger partial charge in [-0.1, -0.05) is 17.7 Å². The Kier molecular flexibility index (Phi) is 5.63. The summed E-state index contributed by atoms with van der Waals surface area (Å²) in [5.41, 5.74) is 2.31. The van der Waals surface area contributed by atoms with Crippen molar-refractivity contribution in [2.75, 3.05) is 16.0 Å². The molecule has 2 amide bonds. The van der Waals surface area contributed by atoms with E-state index in [4.69, 9.17) is 11.6 Å². The van der Waals surface area contributed by atoms with Gasteiger partial charge in [-0.15, -0.1) is 0 Å². The van der Waals surface area contributed by atoms with Crippen LogP contribution in [0.4, 0.5) is 23.0 Å². The molecule has 3 rings (SSSR count). The van der Waals surface area contributed by atoms with Gasteiger partial charge in [0.15, 0.2) is 0 Å². The van der Waals surface area contributed by atoms with Crippen molar-refractivity contribution in [2.45, 2.75) is 6.92 Å². The van der Waals surface area contributed by atoms with E-state index in [1.165, 1.54) is 19.3 Å². The molecule has 0 saturated carbocycles. The maximum Gasteiger partial charge on any atom is 0.258 e. The van der Waals surface area contributed by atoms with Gasteiger partial charge >= 0.3 is 0 Å². The molecule has 0 bridgehead atoms. The lowest BCUT2D eigenvalue weighted by molar-refractivity contribution is -0.114. The van der Waals surface area contributed by atoms with E-state index in [2.05, 4.69) is 25.9 Å². The highest BCUT2D eigenvalue weighted by molar-refractivity contribution is 6.30. The smallest absolute Gasteiger partial charge is 0.258 e. The number of hydrogen-bond donors (Lipinski definition) is 3. The summed E-state index contributed by atoms with van der Waals surface area (Å²) in [5, 5.41) is 9.05. The Morgan fingerprint density at radius 3 is 2.22 bits per heavy atom. The normalized spacial score (nSPS) is 10.1. The van der Waals surface area contributed by atoms with Crippen molar-refractivity contribution in [1.82, 2.24) is 9.97 Å². The Morgan fingerprint density at radius 2 is 1.56 bits per heavy atom. The number of amides is 2. The number of aromatic nitrogens is 2. The minimum absolute atomic E-state index is 0.153. The maximum atomic E-state index is 12.2. The topological polar surface area (TPSA) is 96.0 Å². The van der Waals surface area contributed by atoms with Crippen LogP contribution in [0.15, 0.2) is 60.9 Å². The Labute approximate surface area is 160 Å². The molecule has 8 heteroatoms. The van der Waals surface area contributed by atoms with Crippen molar-refractivity contribution in [3.8, 4) is 0 Å². The molecule has 0 radical (unpaired) electrons. The Bertz CT molecular complexity index is 959. The predicted octanol–water partition coefficient (Wildman–Crippen LogP) is 4.08. The third-order valence-electron chi connectivity index (χ3n) is 3.46. The number of hydrogen-bond acceptors (Lipinski definition) is 5. The van der Waals surface area contributed by atoms with Gasteiger partial charge in [0.2, 0.25) is 11.9 Å². The van der Waals surface area contributed by atoms with Gasteiger partial charge in [0.05, 0.1) is 5.56 Å². The third kappa shape index (κ3) is 5.26. The fraction of sp³-hybridized carbons (Fsp3) is 0.0526. The van der Waals surface area contributed by atoms with Crippen molar-refractivity contribution in [3.63, 3.8) is 0 Å². The number of carbonyl (C=O) groups excluding carboxylic acids is 2. The molecule has 0 aliphatic rings. The molecular weight excluding hydrogens is 366 g/mol. The van der Waals surface area contributed by atoms with Gasteiger partial charge in [-0.05, 0) is 42.5 Å². The summed E-state index contributed by atoms with van der Waals surface area (Å²) in [7, 11) is 0. The first-order valence-corrected chi connectivity index (χ1v) is 8.41. The fourth-order valence-corrected chi connectivity index (χ4v) is 2.38. The van der Waals surface area contributed by atoms with Crippen LogP contribution in [0.2, 0.25) is 5.02 Å². The monoisotopic (exact) mass is 381 g/mol. The SMILES string of the molecule is CC(=O)Nc1cccc(Nc2ncc(C(=O)Nc3ccc(Cl)cc3)cn2)c1. The molecule has 0 fully saturated rings. The lowest BCUT2D eigenvalue weighted by atomic mass is 10.2. The van der Waals surface area contributed by atoms with E-state index in [0.717, 1.165) is 0 Å². The molecule has 0 spiro atoms. The minimum Gasteiger partial charge on any atom is -0.326 e. The van der Waals surface area contributed by atoms with Crippen LogP contribution >= 0.6 is 11.6 Å². The van der Waals surface area contributed by atoms with E-state index in [9.17, 15) is 9.59 Å². The van der Waals surface area contributed by atoms with Gasteiger partial charge in [-0.2, -0.15) is 0 Å². The molecular formula is C19H16ClN5O2. The zero-order chi connectivity index (χ0) is 19.2. The third-order valence-corrected chi connectivity index (χ3v) is 3.71. The molecule has 0 unspecified atom stereocenters. The van der Waals surface area contributed by atoms with E-state index in [-0.39, 0.29) is 11.8 Å². The quantitative estimate of drug-likeness (QED) is 0.618. The Morgan fingerprint density at radius 1 is 0.889 bits per heavy atom. The van der Waals surface area contributed by atoms with Crippen molar-refractivity contribution >= 4 is 46.4 Å². The zero-order valence-electron chi connectivity index (χ0n) is 14.4. The zero-order valence-corrected chi connectivity index (χ0v) is 15.1. The molecule has 1 heterocycles. The highest BCUT2D eigenvalue weighted by Crippen LogP contribution is 2.18. The van der Waals surface area contributed by atoms with Crippen molar-refractivity contribution in [3.05, 3.63) is 71.5 Å². The lowest BCUT2D eigenvalue weighted by Gasteiger charge is -2.08. The summed E-state index contributed by atoms with van der Waals surface area (Å²) in [6.07, 6.45) is 2.86. The maximum absolute atomic E-state index is 12.2. The van der Waals surface area contributed by atoms with E-state index in [1.54, 1.807) is 42.5 Å². The van der Waals surface area contributed by atoms with Gasteiger partial charge in [0.1, 0.15) is 0 Å². The standard InChI is InChI=1S/C19H16ClN5O2/c1-12(26)23-16-3-2-4-17(9-16)25-19-21-10-13(11-22-19)18(27)24-15-7-5-14(20)6-8-15/h2-11H,1H3,(H,23,26)(H,24,27)(H,21,22,25). The van der Waals surface area contributed by atoms with Crippen molar-refractivity contribution < 1.29 is 9.59 Å². The van der Waals surface area contributed by atoms with Gasteiger partial charge < -0.3 is 16.0 Å². The van der Waals surface area contributed by atoms with Crippen LogP contribution < -0.4 is 16.0 Å². The van der Waals surface area contributed by atoms with Gasteiger partial charge in [0, 0.05) is 41.4 Å². The number of carbonyl (C=O) groups is 2. The van der Waals surface area contributed by atoms with E-state index in [0.29, 0.717) is 33.6 Å². The summed E-state index contributed by atoms with van der Waals surface area (Å²) < 4.78 is 0. The van der Waals surface area contributed by atoms with Crippen LogP contribution in [0.3, 0.4) is 0 Å². The molecule has 0 atom stereocenters. The molecule has 3 aromatic rings. The van der Waals surface area contributed by atoms with E-state index in [1.807, 2.05) is 6.07 Å². The molecule has 27 heavy (non-hydrogen) atoms. The van der Waals surface area contributed by atoms with Crippen LogP contribution in [0.1, 0.15) is 17.3 Å². The molecule has 0 aliphatic carbocycles. The summed E-state index contributed by atoms with van der Waals surface area (Å²) in [6.45, 7) is 1.44. The second kappa shape index (κ2) is 8.29. The number of anilines is 4. The second-order valence-corrected chi connectivity index (χ2v) is 6.08. The number of benzene rings is 2. The molecule has 7 nitrogen and oxygen atoms in total. The van der Waals surface area contributed by atoms with Crippen molar-refractivity contribution in [1.29, 1.82) is 0 Å². The first-order chi connectivity index (χ1) is 13.0. The minimum atomic E-state index is -0.323. The number of nitrogens with one attached hydrogen (secondary N) is 3. The molecule has 1 aromatic heterocycles. The summed E-state index contributed by atoms with van der Waals surface area (Å²) in [5.74, 6) is -0.144. The molecule has 0 aliphatic heterocycles. The highest BCUT2D eigenvalue weighted by atomic mass is 35.5. The van der Waals surface area contributed by atoms with Crippen molar-refractivity contribution in [2.24, 2.45) is 0 Å². The number of halogens is 1. The highest BCUT2D eigenvalue weighted by Gasteiger charge is 2.08. The lowest BCUT2D eigenvalue weighted by Crippen LogP contribution is -2.13. The van der Waals surface area contributed by atoms with Gasteiger partial charge in [0.25, 0.3) is 5.91 Å². The van der Waals surface area contributed by atoms with Crippen LogP contribution in [-0.2, 0) is 4.79 Å².